The van der Waals surface area contributed by atoms with Gasteiger partial charge in [0.15, 0.2) is 11.6 Å². The molecule has 1 rings (SSSR count). The normalized spacial score (nSPS) is 9.29. The lowest BCUT2D eigenvalue weighted by Gasteiger charge is -1.86. The summed E-state index contributed by atoms with van der Waals surface area (Å²) in [6.45, 7) is 11.1. The summed E-state index contributed by atoms with van der Waals surface area (Å²) in [7, 11) is 0. The zero-order valence-corrected chi connectivity index (χ0v) is 8.66. The predicted octanol–water partition coefficient (Wildman–Crippen LogP) is 3.13. The van der Waals surface area contributed by atoms with Gasteiger partial charge in [-0.3, -0.25) is 0 Å². The minimum atomic E-state index is 0.355. The van der Waals surface area contributed by atoms with E-state index >= 15 is 0 Å². The molecule has 1 aromatic rings. The van der Waals surface area contributed by atoms with Crippen LogP contribution in [0.5, 0.6) is 0 Å². The SMILES string of the molecule is C=C/C=C\c1onc(N)c1C=C.CC. The van der Waals surface area contributed by atoms with Crippen molar-refractivity contribution in [3.63, 3.8) is 0 Å². The molecule has 0 saturated heterocycles. The second-order valence-electron chi connectivity index (χ2n) is 2.14. The fraction of sp³-hybridized carbons (Fsp3) is 0.182. The lowest BCUT2D eigenvalue weighted by molar-refractivity contribution is 0.416. The van der Waals surface area contributed by atoms with Gasteiger partial charge in [0.2, 0.25) is 0 Å². The number of aromatic nitrogens is 1. The highest BCUT2D eigenvalue weighted by atomic mass is 16.5. The Morgan fingerprint density at radius 1 is 1.36 bits per heavy atom. The van der Waals surface area contributed by atoms with Crippen LogP contribution in [-0.2, 0) is 0 Å². The van der Waals surface area contributed by atoms with E-state index in [0.29, 0.717) is 17.1 Å². The van der Waals surface area contributed by atoms with Crippen molar-refractivity contribution in [2.24, 2.45) is 0 Å². The number of nitrogen functional groups attached to an aromatic ring is 1. The van der Waals surface area contributed by atoms with Crippen LogP contribution in [0.1, 0.15) is 25.2 Å². The van der Waals surface area contributed by atoms with Gasteiger partial charge in [-0.1, -0.05) is 50.4 Å². The Kier molecular flexibility index (Phi) is 5.87. The van der Waals surface area contributed by atoms with Crippen molar-refractivity contribution in [1.29, 1.82) is 0 Å². The van der Waals surface area contributed by atoms with Crippen molar-refractivity contribution in [1.82, 2.24) is 5.16 Å². The first-order chi connectivity index (χ1) is 6.79. The van der Waals surface area contributed by atoms with Gasteiger partial charge in [0.1, 0.15) is 0 Å². The Morgan fingerprint density at radius 2 is 2.00 bits per heavy atom. The van der Waals surface area contributed by atoms with E-state index in [-0.39, 0.29) is 0 Å². The summed E-state index contributed by atoms with van der Waals surface area (Å²) in [5, 5.41) is 3.59. The number of hydrogen-bond acceptors (Lipinski definition) is 3. The van der Waals surface area contributed by atoms with E-state index in [9.17, 15) is 0 Å². The molecule has 0 radical (unpaired) electrons. The molecule has 0 atom stereocenters. The minimum absolute atomic E-state index is 0.355. The van der Waals surface area contributed by atoms with E-state index in [1.54, 1.807) is 24.3 Å². The molecule has 14 heavy (non-hydrogen) atoms. The minimum Gasteiger partial charge on any atom is -0.380 e. The average Bonchev–Trinajstić information content (AvgIpc) is 2.59. The molecule has 0 spiro atoms. The van der Waals surface area contributed by atoms with Crippen LogP contribution < -0.4 is 5.73 Å². The molecule has 0 amide bonds. The molecule has 0 aliphatic carbocycles. The molecule has 1 heterocycles. The van der Waals surface area contributed by atoms with E-state index in [4.69, 9.17) is 10.3 Å². The summed E-state index contributed by atoms with van der Waals surface area (Å²) >= 11 is 0. The monoisotopic (exact) mass is 192 g/mol. The molecular formula is C11H16N2O. The second-order valence-corrected chi connectivity index (χ2v) is 2.14. The van der Waals surface area contributed by atoms with Crippen molar-refractivity contribution < 1.29 is 4.52 Å². The molecule has 0 aromatic carbocycles. The lowest BCUT2D eigenvalue weighted by Crippen LogP contribution is -1.85. The Morgan fingerprint density at radius 3 is 2.50 bits per heavy atom. The molecule has 0 aliphatic rings. The van der Waals surface area contributed by atoms with Crippen LogP contribution in [0.4, 0.5) is 5.82 Å². The highest BCUT2D eigenvalue weighted by Gasteiger charge is 2.06. The van der Waals surface area contributed by atoms with Gasteiger partial charge < -0.3 is 10.3 Å². The molecule has 3 nitrogen and oxygen atoms in total. The first kappa shape index (κ1) is 12.2. The van der Waals surface area contributed by atoms with Gasteiger partial charge in [0, 0.05) is 0 Å². The molecule has 0 fully saturated rings. The number of nitrogens with two attached hydrogens (primary N) is 1. The molecule has 0 aliphatic heterocycles. The molecule has 3 heteroatoms. The van der Waals surface area contributed by atoms with Gasteiger partial charge in [-0.15, -0.1) is 0 Å². The Hall–Kier alpha value is -1.77. The van der Waals surface area contributed by atoms with Crippen LogP contribution in [0.15, 0.2) is 29.8 Å². The molecule has 0 unspecified atom stereocenters. The maximum absolute atomic E-state index is 5.49. The third-order valence-corrected chi connectivity index (χ3v) is 1.37. The average molecular weight is 192 g/mol. The van der Waals surface area contributed by atoms with Crippen molar-refractivity contribution in [3.8, 4) is 0 Å². The largest absolute Gasteiger partial charge is 0.380 e. The quantitative estimate of drug-likeness (QED) is 0.748. The third-order valence-electron chi connectivity index (χ3n) is 1.37. The Bertz CT molecular complexity index is 324. The fourth-order valence-corrected chi connectivity index (χ4v) is 0.804. The van der Waals surface area contributed by atoms with Crippen LogP contribution in [0.3, 0.4) is 0 Å². The van der Waals surface area contributed by atoms with Gasteiger partial charge in [-0.25, -0.2) is 0 Å². The van der Waals surface area contributed by atoms with Gasteiger partial charge in [0.25, 0.3) is 0 Å². The van der Waals surface area contributed by atoms with Crippen molar-refractivity contribution in [2.75, 3.05) is 5.73 Å². The Labute approximate surface area is 84.6 Å². The lowest BCUT2D eigenvalue weighted by atomic mass is 10.2. The summed E-state index contributed by atoms with van der Waals surface area (Å²) in [5.74, 6) is 0.955. The van der Waals surface area contributed by atoms with Gasteiger partial charge in [0.05, 0.1) is 5.56 Å². The number of anilines is 1. The smallest absolute Gasteiger partial charge is 0.174 e. The van der Waals surface area contributed by atoms with Gasteiger partial charge in [-0.2, -0.15) is 0 Å². The summed E-state index contributed by atoms with van der Waals surface area (Å²) < 4.78 is 4.91. The summed E-state index contributed by atoms with van der Waals surface area (Å²) in [4.78, 5) is 0. The van der Waals surface area contributed by atoms with E-state index < -0.39 is 0 Å². The fourth-order valence-electron chi connectivity index (χ4n) is 0.804. The standard InChI is InChI=1S/C9H10N2O.C2H6/c1-3-5-6-8-7(4-2)9(10)11-12-8;1-2/h3-6H,1-2H2,(H2,10,11);1-2H3/b6-5-;. The zero-order chi connectivity index (χ0) is 11.0. The highest BCUT2D eigenvalue weighted by Crippen LogP contribution is 2.18. The zero-order valence-electron chi connectivity index (χ0n) is 8.66. The van der Waals surface area contributed by atoms with E-state index in [2.05, 4.69) is 18.3 Å². The summed E-state index contributed by atoms with van der Waals surface area (Å²) in [5.41, 5.74) is 6.20. The highest BCUT2D eigenvalue weighted by molar-refractivity contribution is 5.68. The number of hydrogen-bond donors (Lipinski definition) is 1. The van der Waals surface area contributed by atoms with Gasteiger partial charge in [-0.05, 0) is 6.08 Å². The van der Waals surface area contributed by atoms with Crippen LogP contribution in [0.2, 0.25) is 0 Å². The third kappa shape index (κ3) is 2.94. The van der Waals surface area contributed by atoms with E-state index in [0.717, 1.165) is 0 Å². The Balaban J connectivity index is 0.000000791. The second kappa shape index (κ2) is 6.71. The van der Waals surface area contributed by atoms with Crippen LogP contribution >= 0.6 is 0 Å². The van der Waals surface area contributed by atoms with Crippen molar-refractivity contribution in [3.05, 3.63) is 36.6 Å². The van der Waals surface area contributed by atoms with Crippen LogP contribution in [0.25, 0.3) is 12.2 Å². The predicted molar refractivity (Wildman–Crippen MR) is 61.6 cm³/mol. The summed E-state index contributed by atoms with van der Waals surface area (Å²) in [6, 6.07) is 0. The van der Waals surface area contributed by atoms with Crippen LogP contribution in [-0.4, -0.2) is 5.16 Å². The van der Waals surface area contributed by atoms with E-state index in [1.165, 1.54) is 0 Å². The van der Waals surface area contributed by atoms with Crippen LogP contribution in [0, 0.1) is 0 Å². The number of nitrogens with zero attached hydrogens (tertiary/aromatic N) is 1. The first-order valence-corrected chi connectivity index (χ1v) is 4.46. The molecule has 0 bridgehead atoms. The molecule has 2 N–H and O–H groups in total. The summed E-state index contributed by atoms with van der Waals surface area (Å²) in [6.07, 6.45) is 6.72. The molecule has 1 aromatic heterocycles. The van der Waals surface area contributed by atoms with Crippen molar-refractivity contribution >= 4 is 18.0 Å². The number of rotatable bonds is 3. The number of allylic oxidation sites excluding steroid dienone is 2. The van der Waals surface area contributed by atoms with Crippen molar-refractivity contribution in [2.45, 2.75) is 13.8 Å². The van der Waals surface area contributed by atoms with E-state index in [1.807, 2.05) is 13.8 Å². The molecular weight excluding hydrogens is 176 g/mol. The molecule has 76 valence electrons. The maximum atomic E-state index is 5.49. The maximum Gasteiger partial charge on any atom is 0.174 e. The van der Waals surface area contributed by atoms with Gasteiger partial charge >= 0.3 is 0 Å². The topological polar surface area (TPSA) is 52.0 Å². The first-order valence-electron chi connectivity index (χ1n) is 4.46. The molecule has 0 saturated carbocycles.